The van der Waals surface area contributed by atoms with Gasteiger partial charge >= 0.3 is 0 Å². The van der Waals surface area contributed by atoms with Gasteiger partial charge in [0.2, 0.25) is 5.91 Å². The third-order valence-electron chi connectivity index (χ3n) is 1.50. The second kappa shape index (κ2) is 4.82. The van der Waals surface area contributed by atoms with Crippen molar-refractivity contribution < 1.29 is 4.79 Å². The summed E-state index contributed by atoms with van der Waals surface area (Å²) in [6.07, 6.45) is 3.97. The Labute approximate surface area is 82.3 Å². The van der Waals surface area contributed by atoms with Crippen LogP contribution in [0.3, 0.4) is 0 Å². The van der Waals surface area contributed by atoms with Crippen molar-refractivity contribution in [1.29, 1.82) is 0 Å². The first-order chi connectivity index (χ1) is 6.18. The van der Waals surface area contributed by atoms with E-state index < -0.39 is 0 Å². The summed E-state index contributed by atoms with van der Waals surface area (Å²) in [5, 5.41) is 4.81. The van der Waals surface area contributed by atoms with Crippen LogP contribution in [0.2, 0.25) is 0 Å². The SMILES string of the molecule is CC(=O)NCC=Cc1cc(C)cs1. The number of carbonyl (C=O) groups excluding carboxylic acids is 1. The average molecular weight is 195 g/mol. The summed E-state index contributed by atoms with van der Waals surface area (Å²) in [6.45, 7) is 4.19. The lowest BCUT2D eigenvalue weighted by atomic mass is 10.3. The molecule has 0 aromatic carbocycles. The second-order valence-corrected chi connectivity index (χ2v) is 3.81. The molecule has 1 aromatic rings. The summed E-state index contributed by atoms with van der Waals surface area (Å²) in [4.78, 5) is 11.7. The maximum absolute atomic E-state index is 10.5. The molecule has 70 valence electrons. The lowest BCUT2D eigenvalue weighted by Gasteiger charge is -1.93. The van der Waals surface area contributed by atoms with Gasteiger partial charge in [-0.2, -0.15) is 0 Å². The van der Waals surface area contributed by atoms with Gasteiger partial charge in [0.05, 0.1) is 0 Å². The van der Waals surface area contributed by atoms with Crippen molar-refractivity contribution in [2.45, 2.75) is 13.8 Å². The lowest BCUT2D eigenvalue weighted by molar-refractivity contribution is -0.118. The maximum atomic E-state index is 10.5. The molecular formula is C10H13NOS. The molecular weight excluding hydrogens is 182 g/mol. The van der Waals surface area contributed by atoms with Crippen LogP contribution in [0, 0.1) is 6.92 Å². The van der Waals surface area contributed by atoms with Crippen molar-refractivity contribution in [3.8, 4) is 0 Å². The Kier molecular flexibility index (Phi) is 3.71. The maximum Gasteiger partial charge on any atom is 0.217 e. The highest BCUT2D eigenvalue weighted by atomic mass is 32.1. The molecule has 2 nitrogen and oxygen atoms in total. The highest BCUT2D eigenvalue weighted by molar-refractivity contribution is 7.11. The largest absolute Gasteiger partial charge is 0.353 e. The summed E-state index contributed by atoms with van der Waals surface area (Å²) >= 11 is 1.71. The van der Waals surface area contributed by atoms with Crippen LogP contribution in [0.5, 0.6) is 0 Å². The van der Waals surface area contributed by atoms with Crippen LogP contribution in [0.1, 0.15) is 17.4 Å². The van der Waals surface area contributed by atoms with Gasteiger partial charge in [-0.1, -0.05) is 6.08 Å². The molecule has 0 fully saturated rings. The van der Waals surface area contributed by atoms with E-state index in [1.807, 2.05) is 12.2 Å². The number of hydrogen-bond donors (Lipinski definition) is 1. The van der Waals surface area contributed by atoms with Gasteiger partial charge in [0.25, 0.3) is 0 Å². The van der Waals surface area contributed by atoms with E-state index in [9.17, 15) is 4.79 Å². The minimum atomic E-state index is 0.00649. The molecule has 0 aliphatic heterocycles. The van der Waals surface area contributed by atoms with Gasteiger partial charge < -0.3 is 5.32 Å². The van der Waals surface area contributed by atoms with Gasteiger partial charge in [-0.25, -0.2) is 0 Å². The zero-order valence-corrected chi connectivity index (χ0v) is 8.65. The quantitative estimate of drug-likeness (QED) is 0.787. The lowest BCUT2D eigenvalue weighted by Crippen LogP contribution is -2.19. The average Bonchev–Trinajstić information content (AvgIpc) is 2.45. The van der Waals surface area contributed by atoms with Gasteiger partial charge in [-0.15, -0.1) is 11.3 Å². The zero-order chi connectivity index (χ0) is 9.68. The highest BCUT2D eigenvalue weighted by Crippen LogP contribution is 2.14. The molecule has 0 unspecified atom stereocenters. The number of amides is 1. The smallest absolute Gasteiger partial charge is 0.217 e. The molecule has 0 atom stereocenters. The van der Waals surface area contributed by atoms with E-state index in [4.69, 9.17) is 0 Å². The molecule has 0 radical (unpaired) electrons. The molecule has 0 saturated carbocycles. The molecule has 0 aliphatic carbocycles. The van der Waals surface area contributed by atoms with Crippen LogP contribution in [-0.4, -0.2) is 12.5 Å². The molecule has 1 aromatic heterocycles. The summed E-state index contributed by atoms with van der Waals surface area (Å²) in [6, 6.07) is 2.12. The van der Waals surface area contributed by atoms with Gasteiger partial charge in [-0.05, 0) is 30.0 Å². The van der Waals surface area contributed by atoms with Crippen molar-refractivity contribution in [1.82, 2.24) is 5.32 Å². The predicted octanol–water partition coefficient (Wildman–Crippen LogP) is 2.21. The fourth-order valence-corrected chi connectivity index (χ4v) is 1.74. The third kappa shape index (κ3) is 3.90. The minimum Gasteiger partial charge on any atom is -0.353 e. The van der Waals surface area contributed by atoms with Crippen molar-refractivity contribution in [3.05, 3.63) is 28.0 Å². The van der Waals surface area contributed by atoms with Crippen molar-refractivity contribution >= 4 is 23.3 Å². The van der Waals surface area contributed by atoms with Crippen molar-refractivity contribution in [2.24, 2.45) is 0 Å². The van der Waals surface area contributed by atoms with Crippen LogP contribution in [0.15, 0.2) is 17.5 Å². The summed E-state index contributed by atoms with van der Waals surface area (Å²) in [7, 11) is 0. The van der Waals surface area contributed by atoms with E-state index in [-0.39, 0.29) is 5.91 Å². The number of nitrogens with one attached hydrogen (secondary N) is 1. The van der Waals surface area contributed by atoms with E-state index in [0.717, 1.165) is 0 Å². The Morgan fingerprint density at radius 3 is 3.00 bits per heavy atom. The second-order valence-electron chi connectivity index (χ2n) is 2.87. The first kappa shape index (κ1) is 9.99. The Morgan fingerprint density at radius 2 is 2.46 bits per heavy atom. The fraction of sp³-hybridized carbons (Fsp3) is 0.300. The Bertz CT molecular complexity index is 314. The molecule has 3 heteroatoms. The standard InChI is InChI=1S/C10H13NOS/c1-8-6-10(13-7-8)4-3-5-11-9(2)12/h3-4,6-7H,5H2,1-2H3,(H,11,12). The molecule has 0 saturated heterocycles. The number of hydrogen-bond acceptors (Lipinski definition) is 2. The Morgan fingerprint density at radius 1 is 1.69 bits per heavy atom. The Hall–Kier alpha value is -1.09. The molecule has 13 heavy (non-hydrogen) atoms. The van der Waals surface area contributed by atoms with E-state index >= 15 is 0 Å². The molecule has 0 bridgehead atoms. The number of thiophene rings is 1. The highest BCUT2D eigenvalue weighted by Gasteiger charge is 1.90. The molecule has 1 N–H and O–H groups in total. The Balaban J connectivity index is 2.36. The molecule has 0 spiro atoms. The van der Waals surface area contributed by atoms with E-state index in [0.29, 0.717) is 6.54 Å². The molecule has 0 aliphatic rings. The van der Waals surface area contributed by atoms with Crippen LogP contribution in [0.4, 0.5) is 0 Å². The van der Waals surface area contributed by atoms with Crippen LogP contribution < -0.4 is 5.32 Å². The summed E-state index contributed by atoms with van der Waals surface area (Å²) < 4.78 is 0. The minimum absolute atomic E-state index is 0.00649. The summed E-state index contributed by atoms with van der Waals surface area (Å²) in [5.74, 6) is 0.00649. The normalized spacial score (nSPS) is 10.6. The first-order valence-electron chi connectivity index (χ1n) is 4.14. The van der Waals surface area contributed by atoms with Crippen molar-refractivity contribution in [2.75, 3.05) is 6.54 Å². The third-order valence-corrected chi connectivity index (χ3v) is 2.52. The van der Waals surface area contributed by atoms with Gasteiger partial charge in [0, 0.05) is 18.3 Å². The number of aryl methyl sites for hydroxylation is 1. The van der Waals surface area contributed by atoms with Crippen LogP contribution in [0.25, 0.3) is 6.08 Å². The number of carbonyl (C=O) groups is 1. The molecule has 1 rings (SSSR count). The summed E-state index contributed by atoms with van der Waals surface area (Å²) in [5.41, 5.74) is 1.28. The zero-order valence-electron chi connectivity index (χ0n) is 7.83. The topological polar surface area (TPSA) is 29.1 Å². The fourth-order valence-electron chi connectivity index (χ4n) is 0.919. The van der Waals surface area contributed by atoms with E-state index in [1.54, 1.807) is 11.3 Å². The molecule has 1 heterocycles. The van der Waals surface area contributed by atoms with E-state index in [2.05, 4.69) is 23.7 Å². The van der Waals surface area contributed by atoms with Gasteiger partial charge in [0.15, 0.2) is 0 Å². The first-order valence-corrected chi connectivity index (χ1v) is 5.02. The van der Waals surface area contributed by atoms with E-state index in [1.165, 1.54) is 17.4 Å². The number of rotatable bonds is 3. The van der Waals surface area contributed by atoms with Gasteiger partial charge in [0.1, 0.15) is 0 Å². The van der Waals surface area contributed by atoms with Gasteiger partial charge in [-0.3, -0.25) is 4.79 Å². The predicted molar refractivity (Wildman–Crippen MR) is 56.8 cm³/mol. The van der Waals surface area contributed by atoms with Crippen LogP contribution >= 0.6 is 11.3 Å². The molecule has 1 amide bonds. The van der Waals surface area contributed by atoms with Crippen molar-refractivity contribution in [3.63, 3.8) is 0 Å². The van der Waals surface area contributed by atoms with Crippen LogP contribution in [-0.2, 0) is 4.79 Å². The monoisotopic (exact) mass is 195 g/mol.